The van der Waals surface area contributed by atoms with Gasteiger partial charge in [0, 0.05) is 31.4 Å². The van der Waals surface area contributed by atoms with E-state index in [1.54, 1.807) is 0 Å². The first-order chi connectivity index (χ1) is 7.68. The van der Waals surface area contributed by atoms with Crippen LogP contribution in [0.25, 0.3) is 0 Å². The van der Waals surface area contributed by atoms with Crippen molar-refractivity contribution in [3.05, 3.63) is 47.2 Å². The lowest BCUT2D eigenvalue weighted by atomic mass is 10.0. The number of Topliss-reactive ketones (excluding diaryl/α,β-unsaturated/α-hetero) is 1. The normalized spacial score (nSPS) is 18.1. The van der Waals surface area contributed by atoms with Crippen molar-refractivity contribution in [2.75, 3.05) is 14.1 Å². The number of fused-ring (bicyclic) bond motifs is 1. The van der Waals surface area contributed by atoms with E-state index in [1.165, 1.54) is 5.56 Å². The molecular weight excluding hydrogens is 198 g/mol. The van der Waals surface area contributed by atoms with Gasteiger partial charge >= 0.3 is 0 Å². The van der Waals surface area contributed by atoms with E-state index in [1.807, 2.05) is 43.4 Å². The highest BCUT2D eigenvalue weighted by Crippen LogP contribution is 2.24. The summed E-state index contributed by atoms with van der Waals surface area (Å²) in [4.78, 5) is 14.2. The zero-order valence-corrected chi connectivity index (χ0v) is 9.86. The SMILES string of the molecule is CN(C)/C=C1/CCCc2ccccc2C1=O. The van der Waals surface area contributed by atoms with E-state index < -0.39 is 0 Å². The minimum Gasteiger partial charge on any atom is -0.383 e. The molecule has 0 N–H and O–H groups in total. The molecule has 84 valence electrons. The summed E-state index contributed by atoms with van der Waals surface area (Å²) in [5.74, 6) is 0.196. The van der Waals surface area contributed by atoms with Crippen LogP contribution >= 0.6 is 0 Å². The molecule has 0 spiro atoms. The third-order valence-corrected chi connectivity index (χ3v) is 2.86. The van der Waals surface area contributed by atoms with Gasteiger partial charge in [-0.3, -0.25) is 4.79 Å². The highest BCUT2D eigenvalue weighted by molar-refractivity contribution is 6.09. The maximum Gasteiger partial charge on any atom is 0.190 e. The summed E-state index contributed by atoms with van der Waals surface area (Å²) >= 11 is 0. The molecule has 1 aliphatic carbocycles. The number of ketones is 1. The molecule has 2 rings (SSSR count). The number of hydrogen-bond acceptors (Lipinski definition) is 2. The Balaban J connectivity index is 2.41. The highest BCUT2D eigenvalue weighted by Gasteiger charge is 2.19. The fourth-order valence-corrected chi connectivity index (χ4v) is 2.15. The Labute approximate surface area is 96.6 Å². The van der Waals surface area contributed by atoms with Gasteiger partial charge in [0.2, 0.25) is 0 Å². The maximum atomic E-state index is 12.3. The molecular formula is C14H17NO. The predicted molar refractivity (Wildman–Crippen MR) is 65.5 cm³/mol. The Bertz CT molecular complexity index is 432. The smallest absolute Gasteiger partial charge is 0.190 e. The summed E-state index contributed by atoms with van der Waals surface area (Å²) < 4.78 is 0. The lowest BCUT2D eigenvalue weighted by molar-refractivity contribution is 0.103. The van der Waals surface area contributed by atoms with Crippen LogP contribution in [-0.4, -0.2) is 24.8 Å². The summed E-state index contributed by atoms with van der Waals surface area (Å²) in [5, 5.41) is 0. The van der Waals surface area contributed by atoms with Crippen molar-refractivity contribution in [3.8, 4) is 0 Å². The molecule has 0 aromatic heterocycles. The van der Waals surface area contributed by atoms with Gasteiger partial charge in [-0.15, -0.1) is 0 Å². The standard InChI is InChI=1S/C14H17NO/c1-15(2)10-12-8-5-7-11-6-3-4-9-13(11)14(12)16/h3-4,6,9-10H,5,7-8H2,1-2H3/b12-10-. The second-order valence-corrected chi connectivity index (χ2v) is 4.46. The molecule has 0 heterocycles. The minimum atomic E-state index is 0.196. The van der Waals surface area contributed by atoms with E-state index in [9.17, 15) is 4.79 Å². The van der Waals surface area contributed by atoms with Crippen molar-refractivity contribution in [1.29, 1.82) is 0 Å². The van der Waals surface area contributed by atoms with Crippen molar-refractivity contribution < 1.29 is 4.79 Å². The molecule has 0 unspecified atom stereocenters. The number of carbonyl (C=O) groups is 1. The molecule has 0 amide bonds. The molecule has 0 saturated carbocycles. The lowest BCUT2D eigenvalue weighted by Crippen LogP contribution is -2.09. The third kappa shape index (κ3) is 2.16. The summed E-state index contributed by atoms with van der Waals surface area (Å²) in [5.41, 5.74) is 3.00. The van der Waals surface area contributed by atoms with Gasteiger partial charge in [0.1, 0.15) is 0 Å². The van der Waals surface area contributed by atoms with Crippen molar-refractivity contribution in [1.82, 2.24) is 4.90 Å². The van der Waals surface area contributed by atoms with E-state index in [-0.39, 0.29) is 5.78 Å². The van der Waals surface area contributed by atoms with Crippen LogP contribution in [0.3, 0.4) is 0 Å². The van der Waals surface area contributed by atoms with Crippen LogP contribution in [0.2, 0.25) is 0 Å². The van der Waals surface area contributed by atoms with Crippen LogP contribution in [0.1, 0.15) is 28.8 Å². The largest absolute Gasteiger partial charge is 0.383 e. The third-order valence-electron chi connectivity index (χ3n) is 2.86. The average Bonchev–Trinajstić information content (AvgIpc) is 2.40. The van der Waals surface area contributed by atoms with Gasteiger partial charge in [-0.05, 0) is 24.8 Å². The van der Waals surface area contributed by atoms with Crippen LogP contribution in [-0.2, 0) is 6.42 Å². The van der Waals surface area contributed by atoms with Crippen LogP contribution in [0.5, 0.6) is 0 Å². The second-order valence-electron chi connectivity index (χ2n) is 4.46. The summed E-state index contributed by atoms with van der Waals surface area (Å²) in [7, 11) is 3.91. The predicted octanol–water partition coefficient (Wildman–Crippen LogP) is 2.65. The molecule has 0 atom stereocenters. The van der Waals surface area contributed by atoms with Crippen LogP contribution in [0.4, 0.5) is 0 Å². The maximum absolute atomic E-state index is 12.3. The molecule has 1 aromatic rings. The molecule has 0 saturated heterocycles. The number of carbonyl (C=O) groups excluding carboxylic acids is 1. The number of allylic oxidation sites excluding steroid dienone is 1. The average molecular weight is 215 g/mol. The molecule has 2 heteroatoms. The van der Waals surface area contributed by atoms with Crippen LogP contribution in [0.15, 0.2) is 36.0 Å². The van der Waals surface area contributed by atoms with Gasteiger partial charge < -0.3 is 4.90 Å². The Hall–Kier alpha value is -1.57. The van der Waals surface area contributed by atoms with E-state index in [4.69, 9.17) is 0 Å². The van der Waals surface area contributed by atoms with Crippen LogP contribution in [0, 0.1) is 0 Å². The topological polar surface area (TPSA) is 20.3 Å². The molecule has 0 aliphatic heterocycles. The zero-order chi connectivity index (χ0) is 11.5. The molecule has 0 radical (unpaired) electrons. The molecule has 1 aliphatic rings. The number of aryl methyl sites for hydroxylation is 1. The van der Waals surface area contributed by atoms with E-state index in [0.717, 1.165) is 30.4 Å². The highest BCUT2D eigenvalue weighted by atomic mass is 16.1. The minimum absolute atomic E-state index is 0.196. The summed E-state index contributed by atoms with van der Waals surface area (Å²) in [6.07, 6.45) is 4.89. The van der Waals surface area contributed by atoms with E-state index >= 15 is 0 Å². The van der Waals surface area contributed by atoms with Gasteiger partial charge in [-0.2, -0.15) is 0 Å². The fraction of sp³-hybridized carbons (Fsp3) is 0.357. The Morgan fingerprint density at radius 3 is 2.69 bits per heavy atom. The number of nitrogens with zero attached hydrogens (tertiary/aromatic N) is 1. The Morgan fingerprint density at radius 2 is 1.94 bits per heavy atom. The fourth-order valence-electron chi connectivity index (χ4n) is 2.15. The van der Waals surface area contributed by atoms with Gasteiger partial charge in [-0.1, -0.05) is 24.3 Å². The molecule has 16 heavy (non-hydrogen) atoms. The Kier molecular flexibility index (Phi) is 3.09. The van der Waals surface area contributed by atoms with E-state index in [2.05, 4.69) is 6.07 Å². The van der Waals surface area contributed by atoms with E-state index in [0.29, 0.717) is 0 Å². The number of benzene rings is 1. The van der Waals surface area contributed by atoms with Crippen molar-refractivity contribution in [2.24, 2.45) is 0 Å². The lowest BCUT2D eigenvalue weighted by Gasteiger charge is -2.09. The molecule has 0 fully saturated rings. The Morgan fingerprint density at radius 1 is 1.19 bits per heavy atom. The number of rotatable bonds is 1. The number of hydrogen-bond donors (Lipinski definition) is 0. The first kappa shape index (κ1) is 10.9. The van der Waals surface area contributed by atoms with Gasteiger partial charge in [0.15, 0.2) is 5.78 Å². The van der Waals surface area contributed by atoms with Crippen molar-refractivity contribution >= 4 is 5.78 Å². The van der Waals surface area contributed by atoms with Crippen LogP contribution < -0.4 is 0 Å². The molecule has 2 nitrogen and oxygen atoms in total. The molecule has 0 bridgehead atoms. The quantitative estimate of drug-likeness (QED) is 0.530. The monoisotopic (exact) mass is 215 g/mol. The van der Waals surface area contributed by atoms with Gasteiger partial charge in [-0.25, -0.2) is 0 Å². The van der Waals surface area contributed by atoms with Crippen molar-refractivity contribution in [3.63, 3.8) is 0 Å². The summed E-state index contributed by atoms with van der Waals surface area (Å²) in [6, 6.07) is 7.94. The first-order valence-electron chi connectivity index (χ1n) is 5.68. The zero-order valence-electron chi connectivity index (χ0n) is 9.86. The molecule has 1 aromatic carbocycles. The second kappa shape index (κ2) is 4.52. The van der Waals surface area contributed by atoms with Gasteiger partial charge in [0.05, 0.1) is 0 Å². The first-order valence-corrected chi connectivity index (χ1v) is 5.68. The summed E-state index contributed by atoms with van der Waals surface area (Å²) in [6.45, 7) is 0. The van der Waals surface area contributed by atoms with Crippen molar-refractivity contribution in [2.45, 2.75) is 19.3 Å². The van der Waals surface area contributed by atoms with Gasteiger partial charge in [0.25, 0.3) is 0 Å².